The summed E-state index contributed by atoms with van der Waals surface area (Å²) in [6, 6.07) is 4.32. The number of amides is 1. The first-order chi connectivity index (χ1) is 14.2. The average Bonchev–Trinajstić information content (AvgIpc) is 3.25. The molecule has 0 aromatic carbocycles. The average molecular weight is 550 g/mol. The Kier molecular flexibility index (Phi) is 11.4. The van der Waals surface area contributed by atoms with E-state index in [1.807, 2.05) is 16.2 Å². The smallest absolute Gasteiger partial charge is 0.236 e. The molecule has 1 amide bonds. The standard InChI is InChI=1S/C21H35N5O2S.HI/c1-3-22-21(23-16-18(2)15-19-5-4-14-29-19)26-8-6-24(7-9-26)17-20(27)25-10-12-28-13-11-25;/h4-5,14,18H,3,6-13,15-17H2,1-2H3,(H,22,23);1H. The van der Waals surface area contributed by atoms with Crippen molar-refractivity contribution in [3.05, 3.63) is 22.4 Å². The predicted molar refractivity (Wildman–Crippen MR) is 134 cm³/mol. The Hall–Kier alpha value is -0.910. The van der Waals surface area contributed by atoms with Crippen LogP contribution >= 0.6 is 35.3 Å². The van der Waals surface area contributed by atoms with Crippen LogP contribution in [0.4, 0.5) is 0 Å². The Morgan fingerprint density at radius 3 is 2.57 bits per heavy atom. The number of nitrogens with one attached hydrogen (secondary N) is 1. The van der Waals surface area contributed by atoms with Crippen molar-refractivity contribution >= 4 is 47.2 Å². The van der Waals surface area contributed by atoms with Gasteiger partial charge in [-0.2, -0.15) is 0 Å². The van der Waals surface area contributed by atoms with Crippen LogP contribution in [0.2, 0.25) is 0 Å². The molecule has 170 valence electrons. The van der Waals surface area contributed by atoms with Crippen molar-refractivity contribution in [1.29, 1.82) is 0 Å². The third kappa shape index (κ3) is 7.97. The molecule has 1 aromatic rings. The number of piperazine rings is 1. The first-order valence-corrected chi connectivity index (χ1v) is 11.7. The molecule has 9 heteroatoms. The molecule has 0 spiro atoms. The summed E-state index contributed by atoms with van der Waals surface area (Å²) in [5.41, 5.74) is 0. The quantitative estimate of drug-likeness (QED) is 0.321. The van der Waals surface area contributed by atoms with E-state index in [0.29, 0.717) is 25.7 Å². The fraction of sp³-hybridized carbons (Fsp3) is 0.714. The van der Waals surface area contributed by atoms with Gasteiger partial charge in [-0.05, 0) is 30.7 Å². The number of halogens is 1. The highest BCUT2D eigenvalue weighted by Gasteiger charge is 2.24. The number of thiophene rings is 1. The van der Waals surface area contributed by atoms with Gasteiger partial charge in [0.15, 0.2) is 5.96 Å². The SMILES string of the molecule is CCNC(=NCC(C)Cc1cccs1)N1CCN(CC(=O)N2CCOCC2)CC1.I. The van der Waals surface area contributed by atoms with Crippen molar-refractivity contribution in [2.45, 2.75) is 20.3 Å². The lowest BCUT2D eigenvalue weighted by atomic mass is 10.1. The molecule has 3 heterocycles. The summed E-state index contributed by atoms with van der Waals surface area (Å²) in [6.45, 7) is 13.0. The zero-order valence-electron chi connectivity index (χ0n) is 18.2. The molecule has 0 aliphatic carbocycles. The zero-order chi connectivity index (χ0) is 20.5. The van der Waals surface area contributed by atoms with Crippen LogP contribution in [0.25, 0.3) is 0 Å². The summed E-state index contributed by atoms with van der Waals surface area (Å²) >= 11 is 1.82. The van der Waals surface area contributed by atoms with Crippen LogP contribution in [0.5, 0.6) is 0 Å². The number of morpholine rings is 1. The number of guanidine groups is 1. The van der Waals surface area contributed by atoms with Gasteiger partial charge in [-0.15, -0.1) is 35.3 Å². The van der Waals surface area contributed by atoms with Crippen LogP contribution in [0.1, 0.15) is 18.7 Å². The highest BCUT2D eigenvalue weighted by Crippen LogP contribution is 2.15. The second-order valence-corrected chi connectivity index (χ2v) is 8.87. The Balaban J connectivity index is 0.00000320. The largest absolute Gasteiger partial charge is 0.378 e. The lowest BCUT2D eigenvalue weighted by molar-refractivity contribution is -0.136. The van der Waals surface area contributed by atoms with Crippen LogP contribution in [-0.2, 0) is 16.0 Å². The summed E-state index contributed by atoms with van der Waals surface area (Å²) in [5, 5.41) is 5.58. The number of ether oxygens (including phenoxy) is 1. The predicted octanol–water partition coefficient (Wildman–Crippen LogP) is 1.99. The van der Waals surface area contributed by atoms with Gasteiger partial charge >= 0.3 is 0 Å². The number of carbonyl (C=O) groups excluding carboxylic acids is 1. The molecule has 1 aromatic heterocycles. The summed E-state index contributed by atoms with van der Waals surface area (Å²) in [4.78, 5) is 25.3. The second kappa shape index (κ2) is 13.5. The number of rotatable bonds is 7. The van der Waals surface area contributed by atoms with Gasteiger partial charge in [-0.25, -0.2) is 0 Å². The van der Waals surface area contributed by atoms with Gasteiger partial charge in [0.05, 0.1) is 19.8 Å². The van der Waals surface area contributed by atoms with Gasteiger partial charge in [-0.1, -0.05) is 13.0 Å². The maximum Gasteiger partial charge on any atom is 0.236 e. The van der Waals surface area contributed by atoms with Crippen LogP contribution < -0.4 is 5.32 Å². The Bertz CT molecular complexity index is 644. The van der Waals surface area contributed by atoms with E-state index in [9.17, 15) is 4.79 Å². The van der Waals surface area contributed by atoms with Crippen molar-refractivity contribution in [3.8, 4) is 0 Å². The van der Waals surface area contributed by atoms with E-state index in [-0.39, 0.29) is 29.9 Å². The molecule has 2 aliphatic rings. The first-order valence-electron chi connectivity index (χ1n) is 10.8. The van der Waals surface area contributed by atoms with Gasteiger partial charge in [0, 0.05) is 57.2 Å². The molecule has 7 nitrogen and oxygen atoms in total. The molecule has 2 saturated heterocycles. The number of hydrogen-bond donors (Lipinski definition) is 1. The summed E-state index contributed by atoms with van der Waals surface area (Å²) in [7, 11) is 0. The lowest BCUT2D eigenvalue weighted by Crippen LogP contribution is -2.55. The number of aliphatic imine (C=N–C) groups is 1. The van der Waals surface area contributed by atoms with E-state index in [0.717, 1.165) is 64.7 Å². The molecule has 1 unspecified atom stereocenters. The van der Waals surface area contributed by atoms with Crippen LogP contribution in [0.15, 0.2) is 22.5 Å². The third-order valence-electron chi connectivity index (χ3n) is 5.41. The molecular weight excluding hydrogens is 513 g/mol. The van der Waals surface area contributed by atoms with Gasteiger partial charge in [0.2, 0.25) is 5.91 Å². The second-order valence-electron chi connectivity index (χ2n) is 7.84. The van der Waals surface area contributed by atoms with E-state index < -0.39 is 0 Å². The summed E-state index contributed by atoms with van der Waals surface area (Å²) in [5.74, 6) is 1.75. The zero-order valence-corrected chi connectivity index (χ0v) is 21.4. The molecule has 2 fully saturated rings. The minimum atomic E-state index is 0. The maximum atomic E-state index is 12.5. The van der Waals surface area contributed by atoms with Crippen molar-refractivity contribution in [3.63, 3.8) is 0 Å². The Morgan fingerprint density at radius 2 is 1.93 bits per heavy atom. The number of carbonyl (C=O) groups is 1. The molecule has 0 saturated carbocycles. The molecule has 3 rings (SSSR count). The molecule has 2 aliphatic heterocycles. The first kappa shape index (κ1) is 25.4. The third-order valence-corrected chi connectivity index (χ3v) is 6.31. The number of nitrogens with zero attached hydrogens (tertiary/aromatic N) is 4. The molecule has 0 bridgehead atoms. The number of hydrogen-bond acceptors (Lipinski definition) is 5. The minimum Gasteiger partial charge on any atom is -0.378 e. The van der Waals surface area contributed by atoms with Gasteiger partial charge in [0.25, 0.3) is 0 Å². The van der Waals surface area contributed by atoms with E-state index in [2.05, 4.69) is 46.5 Å². The van der Waals surface area contributed by atoms with E-state index in [4.69, 9.17) is 9.73 Å². The highest BCUT2D eigenvalue weighted by atomic mass is 127. The van der Waals surface area contributed by atoms with Crippen molar-refractivity contribution in [2.24, 2.45) is 10.9 Å². The molecule has 1 atom stereocenters. The Morgan fingerprint density at radius 1 is 1.20 bits per heavy atom. The van der Waals surface area contributed by atoms with Crippen LogP contribution in [0, 0.1) is 5.92 Å². The van der Waals surface area contributed by atoms with Crippen molar-refractivity contribution in [1.82, 2.24) is 20.0 Å². The van der Waals surface area contributed by atoms with Gasteiger partial charge in [0.1, 0.15) is 0 Å². The Labute approximate surface area is 201 Å². The van der Waals surface area contributed by atoms with Gasteiger partial charge in [-0.3, -0.25) is 14.7 Å². The lowest BCUT2D eigenvalue weighted by Gasteiger charge is -2.37. The van der Waals surface area contributed by atoms with E-state index in [1.54, 1.807) is 0 Å². The minimum absolute atomic E-state index is 0. The molecule has 0 radical (unpaired) electrons. The van der Waals surface area contributed by atoms with Crippen LogP contribution in [-0.4, -0.2) is 98.7 Å². The molecular formula is C21H36IN5O2S. The molecule has 1 N–H and O–H groups in total. The molecule has 30 heavy (non-hydrogen) atoms. The summed E-state index contributed by atoms with van der Waals surface area (Å²) in [6.07, 6.45) is 1.08. The topological polar surface area (TPSA) is 60.4 Å². The monoisotopic (exact) mass is 549 g/mol. The van der Waals surface area contributed by atoms with E-state index in [1.165, 1.54) is 4.88 Å². The fourth-order valence-electron chi connectivity index (χ4n) is 3.73. The normalized spacial score (nSPS) is 19.3. The van der Waals surface area contributed by atoms with Crippen molar-refractivity contribution in [2.75, 3.05) is 72.1 Å². The maximum absolute atomic E-state index is 12.5. The highest BCUT2D eigenvalue weighted by molar-refractivity contribution is 14.0. The van der Waals surface area contributed by atoms with Crippen molar-refractivity contribution < 1.29 is 9.53 Å². The van der Waals surface area contributed by atoms with E-state index >= 15 is 0 Å². The summed E-state index contributed by atoms with van der Waals surface area (Å²) < 4.78 is 5.34. The van der Waals surface area contributed by atoms with Gasteiger partial charge < -0.3 is 19.9 Å². The van der Waals surface area contributed by atoms with Crippen LogP contribution in [0.3, 0.4) is 0 Å². The fourth-order valence-corrected chi connectivity index (χ4v) is 4.60.